The minimum absolute atomic E-state index is 0.769. The van der Waals surface area contributed by atoms with Gasteiger partial charge in [0.1, 0.15) is 0 Å². The Morgan fingerprint density at radius 1 is 0.621 bits per heavy atom. The van der Waals surface area contributed by atoms with Gasteiger partial charge in [0.25, 0.3) is 0 Å². The van der Waals surface area contributed by atoms with Crippen LogP contribution in [-0.4, -0.2) is 0 Å². The van der Waals surface area contributed by atoms with Crippen molar-refractivity contribution >= 4 is 11.6 Å². The molecule has 2 aliphatic carbocycles. The van der Waals surface area contributed by atoms with E-state index in [4.69, 9.17) is 11.6 Å². The second kappa shape index (κ2) is 10.2. The average molecular weight is 409 g/mol. The van der Waals surface area contributed by atoms with Crippen LogP contribution in [0.3, 0.4) is 0 Å². The minimum atomic E-state index is 0.769. The van der Waals surface area contributed by atoms with Crippen LogP contribution >= 0.6 is 11.6 Å². The second-order valence-corrected chi connectivity index (χ2v) is 10.2. The van der Waals surface area contributed by atoms with Crippen molar-refractivity contribution in [3.8, 4) is 11.1 Å². The summed E-state index contributed by atoms with van der Waals surface area (Å²) in [5, 5.41) is 0.802. The Bertz CT molecular complexity index is 729. The molecule has 0 nitrogen and oxygen atoms in total. The van der Waals surface area contributed by atoms with E-state index in [1.54, 1.807) is 5.56 Å². The lowest BCUT2D eigenvalue weighted by Crippen LogP contribution is -2.17. The molecular weight excluding hydrogens is 372 g/mol. The molecule has 0 radical (unpaired) electrons. The minimum Gasteiger partial charge on any atom is -0.0843 e. The molecule has 0 aliphatic heterocycles. The number of benzene rings is 2. The molecule has 2 aliphatic rings. The maximum atomic E-state index is 6.02. The van der Waals surface area contributed by atoms with Gasteiger partial charge in [-0.05, 0) is 78.2 Å². The van der Waals surface area contributed by atoms with Crippen molar-refractivity contribution in [2.45, 2.75) is 83.5 Å². The largest absolute Gasteiger partial charge is 0.0843 e. The number of hydrogen-bond donors (Lipinski definition) is 0. The van der Waals surface area contributed by atoms with Crippen LogP contribution in [0.2, 0.25) is 5.02 Å². The highest BCUT2D eigenvalue weighted by Crippen LogP contribution is 2.40. The second-order valence-electron chi connectivity index (χ2n) is 9.72. The molecule has 2 aromatic rings. The van der Waals surface area contributed by atoms with E-state index in [-0.39, 0.29) is 0 Å². The number of hydrogen-bond acceptors (Lipinski definition) is 0. The van der Waals surface area contributed by atoms with E-state index >= 15 is 0 Å². The Labute approximate surface area is 183 Å². The molecule has 0 atom stereocenters. The average Bonchev–Trinajstić information content (AvgIpc) is 2.79. The Morgan fingerprint density at radius 2 is 1.07 bits per heavy atom. The molecule has 29 heavy (non-hydrogen) atoms. The third-order valence-electron chi connectivity index (χ3n) is 7.93. The molecule has 2 saturated carbocycles. The molecule has 156 valence electrons. The Balaban J connectivity index is 1.23. The molecule has 0 unspecified atom stereocenters. The topological polar surface area (TPSA) is 0 Å². The molecule has 2 fully saturated rings. The molecule has 0 N–H and O–H groups in total. The monoisotopic (exact) mass is 408 g/mol. The molecule has 0 heterocycles. The highest BCUT2D eigenvalue weighted by Gasteiger charge is 2.25. The van der Waals surface area contributed by atoms with Crippen molar-refractivity contribution in [1.29, 1.82) is 0 Å². The standard InChI is InChI=1S/C28H37Cl/c1-2-21-3-5-22(6-4-21)7-8-23-9-11-24(12-10-23)25-13-15-26(16-14-25)27-17-19-28(29)20-18-27/h13-24H,2-12H2,1H3/t21-,22-,23-,24-. The number of halogens is 1. The zero-order chi connectivity index (χ0) is 20.1. The lowest BCUT2D eigenvalue weighted by molar-refractivity contribution is 0.227. The van der Waals surface area contributed by atoms with E-state index in [1.807, 2.05) is 12.1 Å². The molecule has 0 bridgehead atoms. The van der Waals surface area contributed by atoms with Crippen molar-refractivity contribution < 1.29 is 0 Å². The van der Waals surface area contributed by atoms with Crippen molar-refractivity contribution in [2.24, 2.45) is 17.8 Å². The van der Waals surface area contributed by atoms with Crippen LogP contribution in [0.25, 0.3) is 11.1 Å². The summed E-state index contributed by atoms with van der Waals surface area (Å²) >= 11 is 6.02. The maximum Gasteiger partial charge on any atom is 0.0406 e. The Kier molecular flexibility index (Phi) is 7.35. The predicted octanol–water partition coefficient (Wildman–Crippen LogP) is 9.28. The first-order valence-electron chi connectivity index (χ1n) is 12.1. The zero-order valence-electron chi connectivity index (χ0n) is 18.1. The molecule has 1 heteroatoms. The van der Waals surface area contributed by atoms with Crippen LogP contribution in [-0.2, 0) is 0 Å². The van der Waals surface area contributed by atoms with E-state index in [2.05, 4.69) is 43.3 Å². The van der Waals surface area contributed by atoms with Crippen molar-refractivity contribution in [2.75, 3.05) is 0 Å². The van der Waals surface area contributed by atoms with Gasteiger partial charge in [-0.15, -0.1) is 0 Å². The lowest BCUT2D eigenvalue weighted by Gasteiger charge is -2.32. The van der Waals surface area contributed by atoms with Gasteiger partial charge in [0.2, 0.25) is 0 Å². The number of rotatable bonds is 6. The van der Waals surface area contributed by atoms with Crippen LogP contribution < -0.4 is 0 Å². The lowest BCUT2D eigenvalue weighted by atomic mass is 9.74. The van der Waals surface area contributed by atoms with Crippen molar-refractivity contribution in [3.05, 3.63) is 59.1 Å². The fourth-order valence-corrected chi connectivity index (χ4v) is 5.90. The van der Waals surface area contributed by atoms with Crippen LogP contribution in [0.4, 0.5) is 0 Å². The first-order valence-corrected chi connectivity index (χ1v) is 12.4. The fourth-order valence-electron chi connectivity index (χ4n) is 5.77. The molecular formula is C28H37Cl. The van der Waals surface area contributed by atoms with Gasteiger partial charge in [-0.3, -0.25) is 0 Å². The van der Waals surface area contributed by atoms with E-state index in [9.17, 15) is 0 Å². The van der Waals surface area contributed by atoms with E-state index in [1.165, 1.54) is 81.8 Å². The normalized spacial score (nSPS) is 27.7. The summed E-state index contributed by atoms with van der Waals surface area (Å²) in [6, 6.07) is 17.5. The van der Waals surface area contributed by atoms with E-state index in [0.717, 1.165) is 28.7 Å². The van der Waals surface area contributed by atoms with Gasteiger partial charge < -0.3 is 0 Å². The van der Waals surface area contributed by atoms with Gasteiger partial charge >= 0.3 is 0 Å². The van der Waals surface area contributed by atoms with Gasteiger partial charge in [-0.25, -0.2) is 0 Å². The molecule has 0 amide bonds. The molecule has 2 aromatic carbocycles. The van der Waals surface area contributed by atoms with Gasteiger partial charge in [-0.1, -0.05) is 99.9 Å². The van der Waals surface area contributed by atoms with Crippen LogP contribution in [0.15, 0.2) is 48.5 Å². The predicted molar refractivity (Wildman–Crippen MR) is 127 cm³/mol. The van der Waals surface area contributed by atoms with E-state index < -0.39 is 0 Å². The summed E-state index contributed by atoms with van der Waals surface area (Å²) in [5.41, 5.74) is 4.08. The van der Waals surface area contributed by atoms with Gasteiger partial charge in [0, 0.05) is 5.02 Å². The first kappa shape index (κ1) is 21.0. The summed E-state index contributed by atoms with van der Waals surface area (Å²) in [5.74, 6) is 3.83. The fraction of sp³-hybridized carbons (Fsp3) is 0.571. The van der Waals surface area contributed by atoms with E-state index in [0.29, 0.717) is 0 Å². The molecule has 0 spiro atoms. The highest BCUT2D eigenvalue weighted by atomic mass is 35.5. The molecule has 4 rings (SSSR count). The van der Waals surface area contributed by atoms with Gasteiger partial charge in [-0.2, -0.15) is 0 Å². The van der Waals surface area contributed by atoms with Crippen LogP contribution in [0.1, 0.15) is 89.0 Å². The molecule has 0 aromatic heterocycles. The van der Waals surface area contributed by atoms with Crippen LogP contribution in [0.5, 0.6) is 0 Å². The summed E-state index contributed by atoms with van der Waals surface area (Å²) in [7, 11) is 0. The first-order chi connectivity index (χ1) is 14.2. The van der Waals surface area contributed by atoms with Crippen molar-refractivity contribution in [3.63, 3.8) is 0 Å². The summed E-state index contributed by atoms with van der Waals surface area (Å²) in [6.45, 7) is 2.37. The Morgan fingerprint density at radius 3 is 1.59 bits per heavy atom. The summed E-state index contributed by atoms with van der Waals surface area (Å²) in [4.78, 5) is 0. The zero-order valence-corrected chi connectivity index (χ0v) is 18.8. The SMILES string of the molecule is CC[C@H]1CC[C@H](CC[C@H]2CC[C@H](c3ccc(-c4ccc(Cl)cc4)cc3)CC2)CC1. The molecule has 0 saturated heterocycles. The Hall–Kier alpha value is -1.27. The summed E-state index contributed by atoms with van der Waals surface area (Å²) in [6.07, 6.45) is 16.0. The quantitative estimate of drug-likeness (QED) is 0.446. The third-order valence-corrected chi connectivity index (χ3v) is 8.19. The van der Waals surface area contributed by atoms with Crippen LogP contribution in [0, 0.1) is 17.8 Å². The smallest absolute Gasteiger partial charge is 0.0406 e. The summed E-state index contributed by atoms with van der Waals surface area (Å²) < 4.78 is 0. The van der Waals surface area contributed by atoms with Crippen molar-refractivity contribution in [1.82, 2.24) is 0 Å². The highest BCUT2D eigenvalue weighted by molar-refractivity contribution is 6.30. The van der Waals surface area contributed by atoms with Gasteiger partial charge in [0.15, 0.2) is 0 Å². The third kappa shape index (κ3) is 5.66. The maximum absolute atomic E-state index is 6.02. The van der Waals surface area contributed by atoms with Gasteiger partial charge in [0.05, 0.1) is 0 Å².